The average molecular weight is 703 g/mol. The monoisotopic (exact) mass is 703 g/mol. The second kappa shape index (κ2) is 31.2. The molecule has 0 aliphatic carbocycles. The molecular weight excluding hydrogens is 618 g/mol. The molecule has 6 atom stereocenters. The summed E-state index contributed by atoms with van der Waals surface area (Å²) in [6, 6.07) is 0. The van der Waals surface area contributed by atoms with E-state index in [0.717, 1.165) is 30.3 Å². The normalized spacial score (nSPS) is 22.2. The number of rotatable bonds is 35. The lowest BCUT2D eigenvalue weighted by atomic mass is 9.99. The molecule has 1 rings (SSSR count). The first-order chi connectivity index (χ1) is 23.7. The summed E-state index contributed by atoms with van der Waals surface area (Å²) >= 11 is 0. The van der Waals surface area contributed by atoms with Gasteiger partial charge in [-0.3, -0.25) is 0 Å². The van der Waals surface area contributed by atoms with Gasteiger partial charge in [-0.15, -0.1) is 0 Å². The Morgan fingerprint density at radius 1 is 0.551 bits per heavy atom. The number of aliphatic hydroxyl groups excluding tert-OH is 4. The number of hydrogen-bond acceptors (Lipinski definition) is 7. The van der Waals surface area contributed by atoms with Crippen molar-refractivity contribution in [2.75, 3.05) is 47.0 Å². The molecule has 0 radical (unpaired) electrons. The molecule has 8 nitrogen and oxygen atoms in total. The zero-order valence-corrected chi connectivity index (χ0v) is 32.8. The summed E-state index contributed by atoms with van der Waals surface area (Å²) in [5, 5.41) is 41.9. The largest absolute Gasteiger partial charge is 0.387 e. The van der Waals surface area contributed by atoms with Gasteiger partial charge < -0.3 is 39.1 Å². The summed E-state index contributed by atoms with van der Waals surface area (Å²) in [6.45, 7) is 6.68. The lowest BCUT2D eigenvalue weighted by Gasteiger charge is -2.40. The summed E-state index contributed by atoms with van der Waals surface area (Å²) in [5.41, 5.74) is 0. The van der Waals surface area contributed by atoms with E-state index in [4.69, 9.17) is 14.2 Å². The lowest BCUT2D eigenvalue weighted by Crippen LogP contribution is -2.59. The molecule has 1 aliphatic heterocycles. The molecule has 0 aromatic rings. The van der Waals surface area contributed by atoms with Gasteiger partial charge in [-0.25, -0.2) is 0 Å². The Hall–Kier alpha value is -0.320. The van der Waals surface area contributed by atoms with Crippen LogP contribution in [0.2, 0.25) is 0 Å². The Labute approximate surface area is 303 Å². The molecule has 0 saturated carbocycles. The standard InChI is InChI=1S/C41H84NO7/c1-5-7-9-11-13-15-17-18-19-20-21-22-23-25-27-29-31-42(3,4)33-36(43)34-47-35-37-38(44)39(45)40(46)41(49-37)48-32-30-28-26-24-16-14-12-10-8-6-2/h36-41,43-46H,5-35H2,1-4H3/q+1/t36?,37-,38-,39+,40-,41+/m1/s1. The fourth-order valence-electron chi connectivity index (χ4n) is 7.10. The maximum Gasteiger partial charge on any atom is 0.186 e. The Morgan fingerprint density at radius 2 is 0.959 bits per heavy atom. The third-order valence-corrected chi connectivity index (χ3v) is 10.4. The van der Waals surface area contributed by atoms with Crippen molar-refractivity contribution >= 4 is 0 Å². The van der Waals surface area contributed by atoms with Gasteiger partial charge in [0.05, 0.1) is 33.9 Å². The van der Waals surface area contributed by atoms with Crippen molar-refractivity contribution in [3.8, 4) is 0 Å². The van der Waals surface area contributed by atoms with Gasteiger partial charge in [-0.1, -0.05) is 162 Å². The maximum absolute atomic E-state index is 10.7. The highest BCUT2D eigenvalue weighted by molar-refractivity contribution is 4.89. The summed E-state index contributed by atoms with van der Waals surface area (Å²) in [7, 11) is 4.30. The number of aliphatic hydroxyl groups is 4. The lowest BCUT2D eigenvalue weighted by molar-refractivity contribution is -0.893. The van der Waals surface area contributed by atoms with Crippen LogP contribution < -0.4 is 0 Å². The topological polar surface area (TPSA) is 109 Å². The smallest absolute Gasteiger partial charge is 0.186 e. The predicted molar refractivity (Wildman–Crippen MR) is 203 cm³/mol. The van der Waals surface area contributed by atoms with E-state index in [0.29, 0.717) is 13.2 Å². The number of nitrogens with zero attached hydrogens (tertiary/aromatic N) is 1. The quantitative estimate of drug-likeness (QED) is 0.0388. The van der Waals surface area contributed by atoms with E-state index in [9.17, 15) is 20.4 Å². The third kappa shape index (κ3) is 25.3. The van der Waals surface area contributed by atoms with Crippen LogP contribution in [-0.4, -0.2) is 109 Å². The second-order valence-electron chi connectivity index (χ2n) is 15.9. The average Bonchev–Trinajstić information content (AvgIpc) is 3.07. The molecule has 294 valence electrons. The Bertz CT molecular complexity index is 711. The molecule has 0 aromatic carbocycles. The van der Waals surface area contributed by atoms with Crippen LogP contribution in [0.3, 0.4) is 0 Å². The van der Waals surface area contributed by atoms with Gasteiger partial charge in [0.1, 0.15) is 37.1 Å². The van der Waals surface area contributed by atoms with Crippen LogP contribution in [0.15, 0.2) is 0 Å². The summed E-state index contributed by atoms with van der Waals surface area (Å²) in [4.78, 5) is 0. The molecule has 1 aliphatic rings. The molecule has 1 unspecified atom stereocenters. The molecule has 4 N–H and O–H groups in total. The Kier molecular flexibility index (Phi) is 29.8. The highest BCUT2D eigenvalue weighted by Gasteiger charge is 2.44. The minimum atomic E-state index is -1.37. The first kappa shape index (κ1) is 46.7. The van der Waals surface area contributed by atoms with Crippen molar-refractivity contribution in [2.24, 2.45) is 0 Å². The van der Waals surface area contributed by atoms with Crippen molar-refractivity contribution in [3.05, 3.63) is 0 Å². The van der Waals surface area contributed by atoms with Gasteiger partial charge in [0, 0.05) is 6.61 Å². The number of unbranched alkanes of at least 4 members (excludes halogenated alkanes) is 24. The van der Waals surface area contributed by atoms with Crippen molar-refractivity contribution < 1.29 is 39.1 Å². The first-order valence-corrected chi connectivity index (χ1v) is 21.1. The van der Waals surface area contributed by atoms with Crippen LogP contribution in [0, 0.1) is 0 Å². The molecule has 0 bridgehead atoms. The van der Waals surface area contributed by atoms with Crippen molar-refractivity contribution in [1.82, 2.24) is 0 Å². The van der Waals surface area contributed by atoms with Crippen LogP contribution >= 0.6 is 0 Å². The minimum Gasteiger partial charge on any atom is -0.387 e. The van der Waals surface area contributed by atoms with E-state index in [-0.39, 0.29) is 13.2 Å². The minimum absolute atomic E-state index is 0.00662. The van der Waals surface area contributed by atoms with Gasteiger partial charge in [-0.05, 0) is 19.3 Å². The Morgan fingerprint density at radius 3 is 1.41 bits per heavy atom. The van der Waals surface area contributed by atoms with E-state index in [2.05, 4.69) is 27.9 Å². The molecular formula is C41H84NO7+. The predicted octanol–water partition coefficient (Wildman–Crippen LogP) is 8.45. The highest BCUT2D eigenvalue weighted by Crippen LogP contribution is 2.23. The fraction of sp³-hybridized carbons (Fsp3) is 1.00. The molecule has 0 spiro atoms. The molecule has 1 saturated heterocycles. The van der Waals surface area contributed by atoms with Crippen molar-refractivity contribution in [3.63, 3.8) is 0 Å². The third-order valence-electron chi connectivity index (χ3n) is 10.4. The van der Waals surface area contributed by atoms with Crippen LogP contribution in [0.1, 0.15) is 181 Å². The summed E-state index contributed by atoms with van der Waals surface area (Å²) < 4.78 is 18.0. The van der Waals surface area contributed by atoms with E-state index in [1.165, 1.54) is 148 Å². The second-order valence-corrected chi connectivity index (χ2v) is 15.9. The molecule has 0 amide bonds. The molecule has 0 aromatic heterocycles. The number of quaternary nitrogens is 1. The van der Waals surface area contributed by atoms with E-state index in [1.807, 2.05) is 0 Å². The van der Waals surface area contributed by atoms with Crippen molar-refractivity contribution in [1.29, 1.82) is 0 Å². The number of hydrogen-bond donors (Lipinski definition) is 4. The van der Waals surface area contributed by atoms with Crippen LogP contribution in [0.25, 0.3) is 0 Å². The van der Waals surface area contributed by atoms with Gasteiger partial charge in [0.2, 0.25) is 0 Å². The van der Waals surface area contributed by atoms with Crippen LogP contribution in [0.5, 0.6) is 0 Å². The van der Waals surface area contributed by atoms with Gasteiger partial charge in [0.15, 0.2) is 6.29 Å². The fourth-order valence-corrected chi connectivity index (χ4v) is 7.10. The zero-order chi connectivity index (χ0) is 36.0. The molecule has 1 fully saturated rings. The molecule has 1 heterocycles. The van der Waals surface area contributed by atoms with Crippen LogP contribution in [0.4, 0.5) is 0 Å². The Balaban J connectivity index is 2.10. The molecule has 8 heteroatoms. The van der Waals surface area contributed by atoms with E-state index in [1.54, 1.807) is 0 Å². The summed E-state index contributed by atoms with van der Waals surface area (Å²) in [5.74, 6) is 0. The van der Waals surface area contributed by atoms with Gasteiger partial charge in [-0.2, -0.15) is 0 Å². The SMILES string of the molecule is CCCCCCCCCCCCCCCCCC[N+](C)(C)CC(O)COC[C@H]1O[C@H](OCCCCCCCCCCCC)[C@H](O)[C@@H](O)[C@@H]1O. The van der Waals surface area contributed by atoms with Gasteiger partial charge >= 0.3 is 0 Å². The highest BCUT2D eigenvalue weighted by atomic mass is 16.7. The number of likely N-dealkylation sites (N-methyl/N-ethyl adjacent to an activating group) is 1. The zero-order valence-electron chi connectivity index (χ0n) is 32.8. The van der Waals surface area contributed by atoms with Crippen LogP contribution in [-0.2, 0) is 14.2 Å². The summed E-state index contributed by atoms with van der Waals surface area (Å²) in [6.07, 6.45) is 27.6. The van der Waals surface area contributed by atoms with E-state index < -0.39 is 36.8 Å². The number of ether oxygens (including phenoxy) is 3. The van der Waals surface area contributed by atoms with E-state index >= 15 is 0 Å². The molecule has 49 heavy (non-hydrogen) atoms. The van der Waals surface area contributed by atoms with Gasteiger partial charge in [0.25, 0.3) is 0 Å². The van der Waals surface area contributed by atoms with Crippen molar-refractivity contribution in [2.45, 2.75) is 218 Å². The maximum atomic E-state index is 10.7. The first-order valence-electron chi connectivity index (χ1n) is 21.1.